The second kappa shape index (κ2) is 12.4. The van der Waals surface area contributed by atoms with Gasteiger partial charge < -0.3 is 30.8 Å². The van der Waals surface area contributed by atoms with Gasteiger partial charge in [0.15, 0.2) is 0 Å². The summed E-state index contributed by atoms with van der Waals surface area (Å²) in [5.74, 6) is 6.10. The lowest BCUT2D eigenvalue weighted by Crippen LogP contribution is -2.75. The zero-order valence-electron chi connectivity index (χ0n) is 30.7. The lowest BCUT2D eigenvalue weighted by atomic mass is 9.50. The van der Waals surface area contributed by atoms with Gasteiger partial charge in [0.05, 0.1) is 23.5 Å². The highest BCUT2D eigenvalue weighted by atomic mass is 16.4. The number of aromatic nitrogens is 4. The number of imidazole rings is 2. The van der Waals surface area contributed by atoms with Gasteiger partial charge in [0.2, 0.25) is 0 Å². The molecule has 4 aromatic rings. The third kappa shape index (κ3) is 4.19. The molecule has 2 aromatic carbocycles. The maximum absolute atomic E-state index is 13.9. The first-order valence-electron chi connectivity index (χ1n) is 19.6. The molecule has 2 amide bonds. The molecule has 6 aliphatic rings. The number of amides is 2. The molecular weight excluding hydrogens is 713 g/mol. The van der Waals surface area contributed by atoms with Crippen molar-refractivity contribution in [3.05, 3.63) is 106 Å². The van der Waals surface area contributed by atoms with Crippen LogP contribution in [0, 0.1) is 0 Å². The molecule has 56 heavy (non-hydrogen) atoms. The number of carbonyl (C=O) groups excluding carboxylic acids is 2. The maximum atomic E-state index is 13.9. The van der Waals surface area contributed by atoms with E-state index in [-0.39, 0.29) is 12.1 Å². The number of hydrogen-bond acceptors (Lipinski definition) is 8. The van der Waals surface area contributed by atoms with Crippen LogP contribution in [0.1, 0.15) is 110 Å². The van der Waals surface area contributed by atoms with Crippen LogP contribution in [-0.2, 0) is 20.4 Å². The molecule has 0 radical (unpaired) electrons. The molecule has 14 heteroatoms. The van der Waals surface area contributed by atoms with E-state index >= 15 is 0 Å². The fourth-order valence-electron chi connectivity index (χ4n) is 12.4. The lowest BCUT2D eigenvalue weighted by Gasteiger charge is -2.61. The number of carbonyl (C=O) groups is 2. The smallest absolute Gasteiger partial charge is 0.406 e. The highest BCUT2D eigenvalue weighted by Gasteiger charge is 2.71. The Morgan fingerprint density at radius 3 is 1.80 bits per heavy atom. The molecule has 2 unspecified atom stereocenters. The summed E-state index contributed by atoms with van der Waals surface area (Å²) in [6.07, 6.45) is 6.31. The number of fused-ring (bicyclic) bond motifs is 14. The SMILES string of the molecule is O=C=C1CCC[C@@]2(NC(=O)O)N3CCCC3c3ncc([nH]3)[C@@]12c1cccc(-c2ccccc2)c1[C@]12C(=C=O)CCC[C@@]1(NC(=O)O)N1CCCC1c1ncc2[nH]1. The van der Waals surface area contributed by atoms with Crippen molar-refractivity contribution in [2.24, 2.45) is 0 Å². The van der Waals surface area contributed by atoms with Crippen molar-refractivity contribution in [1.29, 1.82) is 0 Å². The molecule has 286 valence electrons. The van der Waals surface area contributed by atoms with Crippen molar-refractivity contribution in [3.63, 3.8) is 0 Å². The maximum Gasteiger partial charge on any atom is 0.406 e. The quantitative estimate of drug-likeness (QED) is 0.142. The number of benzene rings is 2. The van der Waals surface area contributed by atoms with Gasteiger partial charge in [0.25, 0.3) is 0 Å². The highest BCUT2D eigenvalue weighted by molar-refractivity contribution is 5.82. The van der Waals surface area contributed by atoms with Crippen LogP contribution in [0.4, 0.5) is 9.59 Å². The van der Waals surface area contributed by atoms with Crippen LogP contribution in [0.2, 0.25) is 0 Å². The normalized spacial score (nSPS) is 31.8. The Morgan fingerprint density at radius 1 is 0.714 bits per heavy atom. The first-order valence-corrected chi connectivity index (χ1v) is 19.6. The molecule has 4 fully saturated rings. The molecule has 0 spiro atoms. The minimum atomic E-state index is -1.60. The van der Waals surface area contributed by atoms with Crippen LogP contribution in [-0.4, -0.2) is 88.4 Å². The summed E-state index contributed by atoms with van der Waals surface area (Å²) in [6, 6.07) is 15.0. The molecule has 4 bridgehead atoms. The van der Waals surface area contributed by atoms with Crippen LogP contribution >= 0.6 is 0 Å². The van der Waals surface area contributed by atoms with E-state index in [1.54, 1.807) is 12.4 Å². The average Bonchev–Trinajstić information content (AvgIpc) is 4.03. The van der Waals surface area contributed by atoms with Crippen molar-refractivity contribution >= 4 is 24.1 Å². The summed E-state index contributed by atoms with van der Waals surface area (Å²) >= 11 is 0. The number of rotatable bonds is 5. The van der Waals surface area contributed by atoms with Gasteiger partial charge in [0, 0.05) is 36.6 Å². The van der Waals surface area contributed by atoms with Gasteiger partial charge in [-0.15, -0.1) is 0 Å². The predicted molar refractivity (Wildman–Crippen MR) is 202 cm³/mol. The molecule has 14 nitrogen and oxygen atoms in total. The predicted octanol–water partition coefficient (Wildman–Crippen LogP) is 5.48. The molecule has 4 aliphatic heterocycles. The fourth-order valence-corrected chi connectivity index (χ4v) is 12.4. The lowest BCUT2D eigenvalue weighted by molar-refractivity contribution is -0.0249. The summed E-state index contributed by atoms with van der Waals surface area (Å²) in [5, 5.41) is 28.0. The van der Waals surface area contributed by atoms with Crippen molar-refractivity contribution in [3.8, 4) is 11.1 Å². The van der Waals surface area contributed by atoms with Crippen LogP contribution in [0.3, 0.4) is 0 Å². The van der Waals surface area contributed by atoms with Gasteiger partial charge in [-0.05, 0) is 86.5 Å². The Kier molecular flexibility index (Phi) is 7.66. The summed E-state index contributed by atoms with van der Waals surface area (Å²) in [6.45, 7) is 1.07. The third-order valence-corrected chi connectivity index (χ3v) is 14.0. The summed E-state index contributed by atoms with van der Waals surface area (Å²) < 4.78 is 0. The first kappa shape index (κ1) is 34.7. The molecule has 6 heterocycles. The zero-order chi connectivity index (χ0) is 38.5. The van der Waals surface area contributed by atoms with E-state index < -0.39 is 34.3 Å². The topological polar surface area (TPSA) is 197 Å². The zero-order valence-corrected chi connectivity index (χ0v) is 30.7. The highest BCUT2D eigenvalue weighted by Crippen LogP contribution is 2.66. The standard InChI is InChI=1S/C42H42N8O6/c51-23-26-11-5-17-39(47-37(53)54)41(26,32-21-43-35(45-32)30-15-7-19-49(30)39)29-14-4-13-28(25-9-2-1-3-10-25)34(29)42-27(24-52)12-6-18-40(42,48-38(55)56)50-20-8-16-31(50)36-44-22-33(42)46-36/h1-4,9-10,13-14,21-22,30-31,47-48H,5-8,11-12,15-20H2,(H,43,45)(H,44,46)(H,53,54)(H,55,56)/t30?,31?,39-,40-,41+,42-/m1/s1. The van der Waals surface area contributed by atoms with Gasteiger partial charge in [0.1, 0.15) is 45.7 Å². The van der Waals surface area contributed by atoms with Crippen LogP contribution in [0.25, 0.3) is 11.1 Å². The Bertz CT molecular complexity index is 2400. The number of nitrogens with one attached hydrogen (secondary N) is 4. The fraction of sp³-hybridized carbons (Fsp3) is 0.429. The van der Waals surface area contributed by atoms with Crippen molar-refractivity contribution in [2.45, 2.75) is 98.4 Å². The van der Waals surface area contributed by atoms with E-state index in [0.717, 1.165) is 31.2 Å². The van der Waals surface area contributed by atoms with E-state index in [4.69, 9.17) is 9.97 Å². The number of nitrogens with zero attached hydrogens (tertiary/aromatic N) is 4. The number of carboxylic acid groups (broad SMARTS) is 2. The van der Waals surface area contributed by atoms with Crippen molar-refractivity contribution in [1.82, 2.24) is 40.4 Å². The summed E-state index contributed by atoms with van der Waals surface area (Å²) in [4.78, 5) is 76.0. The van der Waals surface area contributed by atoms with Gasteiger partial charge in [-0.3, -0.25) is 9.80 Å². The molecule has 6 N–H and O–H groups in total. The Hall–Kier alpha value is -5.78. The molecule has 2 aliphatic carbocycles. The minimum absolute atomic E-state index is 0.270. The van der Waals surface area contributed by atoms with Crippen molar-refractivity contribution < 1.29 is 29.4 Å². The number of aromatic amines is 2. The van der Waals surface area contributed by atoms with Gasteiger partial charge >= 0.3 is 12.2 Å². The first-order chi connectivity index (χ1) is 27.3. The molecule has 2 aromatic heterocycles. The number of H-pyrrole nitrogens is 2. The van der Waals surface area contributed by atoms with Crippen molar-refractivity contribution in [2.75, 3.05) is 13.1 Å². The minimum Gasteiger partial charge on any atom is -0.465 e. The summed E-state index contributed by atoms with van der Waals surface area (Å²) in [5.41, 5.74) is -1.72. The molecule has 2 saturated heterocycles. The van der Waals surface area contributed by atoms with Crippen LogP contribution < -0.4 is 10.6 Å². The van der Waals surface area contributed by atoms with E-state index in [2.05, 4.69) is 42.3 Å². The second-order valence-corrected chi connectivity index (χ2v) is 16.1. The van der Waals surface area contributed by atoms with Gasteiger partial charge in [-0.25, -0.2) is 29.1 Å². The Morgan fingerprint density at radius 2 is 1.25 bits per heavy atom. The molecule has 10 rings (SSSR count). The monoisotopic (exact) mass is 754 g/mol. The Labute approximate surface area is 322 Å². The Balaban J connectivity index is 1.45. The molecule has 2 saturated carbocycles. The van der Waals surface area contributed by atoms with Crippen LogP contribution in [0.5, 0.6) is 0 Å². The number of hydrogen-bond donors (Lipinski definition) is 6. The summed E-state index contributed by atoms with van der Waals surface area (Å²) in [7, 11) is 0. The van der Waals surface area contributed by atoms with E-state index in [1.165, 1.54) is 0 Å². The third-order valence-electron chi connectivity index (χ3n) is 14.0. The van der Waals surface area contributed by atoms with E-state index in [9.17, 15) is 29.4 Å². The second-order valence-electron chi connectivity index (χ2n) is 16.1. The van der Waals surface area contributed by atoms with E-state index in [0.29, 0.717) is 102 Å². The molecular formula is C42H42N8O6. The van der Waals surface area contributed by atoms with Gasteiger partial charge in [-0.2, -0.15) is 0 Å². The van der Waals surface area contributed by atoms with Crippen LogP contribution in [0.15, 0.2) is 72.1 Å². The molecule has 6 atom stereocenters. The van der Waals surface area contributed by atoms with E-state index in [1.807, 2.05) is 48.5 Å². The van der Waals surface area contributed by atoms with Gasteiger partial charge in [-0.1, -0.05) is 48.5 Å². The largest absolute Gasteiger partial charge is 0.465 e. The average molecular weight is 755 g/mol.